The smallest absolute Gasteiger partial charge is 0.0646 e. The topological polar surface area (TPSA) is 9.72 Å². The average molecular weight is 382 g/mol. The minimum absolute atomic E-state index is 0.438. The highest BCUT2D eigenvalue weighted by molar-refractivity contribution is 5.83. The number of nitrogens with zero attached hydrogens (tertiary/aromatic N) is 3. The van der Waals surface area contributed by atoms with E-state index in [2.05, 4.69) is 126 Å². The Bertz CT molecular complexity index is 669. The molecule has 0 aliphatic rings. The van der Waals surface area contributed by atoms with Crippen LogP contribution < -0.4 is 14.7 Å². The summed E-state index contributed by atoms with van der Waals surface area (Å²) in [6, 6.07) is 19.3. The summed E-state index contributed by atoms with van der Waals surface area (Å²) in [6.45, 7) is 18.1. The first-order valence-electron chi connectivity index (χ1n) is 10.6. The maximum Gasteiger partial charge on any atom is 0.0646 e. The van der Waals surface area contributed by atoms with Crippen molar-refractivity contribution in [3.05, 3.63) is 48.5 Å². The van der Waals surface area contributed by atoms with Crippen LogP contribution in [0.25, 0.3) is 0 Å². The van der Waals surface area contributed by atoms with E-state index in [9.17, 15) is 0 Å². The van der Waals surface area contributed by atoms with Crippen molar-refractivity contribution in [2.45, 2.75) is 79.6 Å². The van der Waals surface area contributed by atoms with Crippen molar-refractivity contribution in [2.75, 3.05) is 21.7 Å². The second-order valence-electron chi connectivity index (χ2n) is 8.73. The molecule has 0 saturated carbocycles. The third kappa shape index (κ3) is 4.63. The predicted molar refractivity (Wildman–Crippen MR) is 126 cm³/mol. The van der Waals surface area contributed by atoms with Crippen LogP contribution in [0.2, 0.25) is 0 Å². The van der Waals surface area contributed by atoms with Crippen LogP contribution in [-0.2, 0) is 0 Å². The van der Waals surface area contributed by atoms with Gasteiger partial charge in [0.15, 0.2) is 0 Å². The number of para-hydroxylation sites is 4. The Hall–Kier alpha value is -2.16. The lowest BCUT2D eigenvalue weighted by Gasteiger charge is -2.39. The molecule has 0 fully saturated rings. The first kappa shape index (κ1) is 22.1. The minimum Gasteiger partial charge on any atom is -0.365 e. The zero-order valence-corrected chi connectivity index (χ0v) is 19.3. The Kier molecular flexibility index (Phi) is 7.40. The van der Waals surface area contributed by atoms with Gasteiger partial charge in [0.2, 0.25) is 0 Å². The van der Waals surface area contributed by atoms with Crippen LogP contribution in [0.5, 0.6) is 0 Å². The van der Waals surface area contributed by atoms with Crippen LogP contribution in [0.4, 0.5) is 22.7 Å². The van der Waals surface area contributed by atoms with Crippen molar-refractivity contribution >= 4 is 22.7 Å². The van der Waals surface area contributed by atoms with Gasteiger partial charge < -0.3 is 14.7 Å². The van der Waals surface area contributed by atoms with Crippen LogP contribution in [-0.4, -0.2) is 31.2 Å². The molecule has 0 aromatic heterocycles. The van der Waals surface area contributed by atoms with Gasteiger partial charge in [-0.2, -0.15) is 0 Å². The van der Waals surface area contributed by atoms with E-state index in [1.807, 2.05) is 0 Å². The number of anilines is 4. The quantitative estimate of drug-likeness (QED) is 0.503. The summed E-state index contributed by atoms with van der Waals surface area (Å²) in [6.07, 6.45) is 0. The lowest BCUT2D eigenvalue weighted by Crippen LogP contribution is -2.39. The van der Waals surface area contributed by atoms with Crippen LogP contribution >= 0.6 is 0 Å². The molecule has 0 heterocycles. The molecule has 0 unspecified atom stereocenters. The molecule has 0 saturated heterocycles. The summed E-state index contributed by atoms with van der Waals surface area (Å²) in [7, 11) is 2.19. The molecule has 0 atom stereocenters. The van der Waals surface area contributed by atoms with E-state index in [1.54, 1.807) is 0 Å². The highest BCUT2D eigenvalue weighted by atomic mass is 15.2. The van der Waals surface area contributed by atoms with E-state index < -0.39 is 0 Å². The fraction of sp³-hybridized carbons (Fsp3) is 0.520. The van der Waals surface area contributed by atoms with Gasteiger partial charge in [-0.15, -0.1) is 0 Å². The van der Waals surface area contributed by atoms with E-state index in [0.29, 0.717) is 24.2 Å². The van der Waals surface area contributed by atoms with Gasteiger partial charge in [-0.05, 0) is 79.7 Å². The Morgan fingerprint density at radius 3 is 0.964 bits per heavy atom. The van der Waals surface area contributed by atoms with Crippen molar-refractivity contribution in [3.63, 3.8) is 0 Å². The van der Waals surface area contributed by atoms with Gasteiger partial charge in [-0.25, -0.2) is 0 Å². The van der Waals surface area contributed by atoms with Crippen molar-refractivity contribution < 1.29 is 0 Å². The molecule has 2 aromatic rings. The normalized spacial score (nSPS) is 11.6. The highest BCUT2D eigenvalue weighted by Crippen LogP contribution is 2.40. The summed E-state index contributed by atoms with van der Waals surface area (Å²) >= 11 is 0. The van der Waals surface area contributed by atoms with Crippen molar-refractivity contribution in [3.8, 4) is 0 Å². The third-order valence-electron chi connectivity index (χ3n) is 5.27. The molecule has 0 N–H and O–H groups in total. The zero-order valence-electron chi connectivity index (χ0n) is 19.3. The fourth-order valence-corrected chi connectivity index (χ4v) is 4.37. The molecule has 3 nitrogen and oxygen atoms in total. The van der Waals surface area contributed by atoms with E-state index in [0.717, 1.165) is 0 Å². The zero-order chi connectivity index (χ0) is 21.0. The number of hydrogen-bond acceptors (Lipinski definition) is 3. The maximum atomic E-state index is 2.50. The van der Waals surface area contributed by atoms with E-state index in [-0.39, 0.29) is 0 Å². The lowest BCUT2D eigenvalue weighted by molar-refractivity contribution is 0.606. The Balaban J connectivity index is 2.59. The van der Waals surface area contributed by atoms with Gasteiger partial charge >= 0.3 is 0 Å². The molecule has 0 aliphatic carbocycles. The molecular formula is C25H39N3. The van der Waals surface area contributed by atoms with E-state index in [1.165, 1.54) is 22.7 Å². The Labute approximate surface area is 173 Å². The van der Waals surface area contributed by atoms with Gasteiger partial charge in [0.05, 0.1) is 22.7 Å². The van der Waals surface area contributed by atoms with Crippen molar-refractivity contribution in [1.29, 1.82) is 0 Å². The monoisotopic (exact) mass is 381 g/mol. The molecule has 0 spiro atoms. The molecule has 2 rings (SSSR count). The summed E-state index contributed by atoms with van der Waals surface area (Å²) in [4.78, 5) is 7.34. The van der Waals surface area contributed by atoms with Gasteiger partial charge in [0.25, 0.3) is 0 Å². The first-order valence-corrected chi connectivity index (χ1v) is 10.6. The summed E-state index contributed by atoms with van der Waals surface area (Å²) in [5, 5.41) is 0. The molecule has 3 heteroatoms. The Morgan fingerprint density at radius 1 is 0.464 bits per heavy atom. The second kappa shape index (κ2) is 9.36. The molecule has 154 valence electrons. The summed E-state index contributed by atoms with van der Waals surface area (Å²) in [5.74, 6) is 0. The van der Waals surface area contributed by atoms with Gasteiger partial charge in [-0.3, -0.25) is 0 Å². The lowest BCUT2D eigenvalue weighted by atomic mass is 10.1. The van der Waals surface area contributed by atoms with Crippen LogP contribution in [0.1, 0.15) is 55.4 Å². The summed E-state index contributed by atoms with van der Waals surface area (Å²) < 4.78 is 0. The molecule has 28 heavy (non-hydrogen) atoms. The number of benzene rings is 2. The van der Waals surface area contributed by atoms with Crippen LogP contribution in [0.15, 0.2) is 48.5 Å². The van der Waals surface area contributed by atoms with Crippen molar-refractivity contribution in [1.82, 2.24) is 0 Å². The van der Waals surface area contributed by atoms with Crippen LogP contribution in [0, 0.1) is 0 Å². The fourth-order valence-electron chi connectivity index (χ4n) is 4.37. The highest BCUT2D eigenvalue weighted by Gasteiger charge is 2.23. The van der Waals surface area contributed by atoms with Gasteiger partial charge in [-0.1, -0.05) is 24.3 Å². The molecule has 0 aliphatic heterocycles. The molecular weight excluding hydrogens is 342 g/mol. The standard InChI is InChI=1S/C25H39N3/c1-18(2)27(19(3)4)24-16-12-10-14-22(24)26(9)23-15-11-13-17-25(23)28(20(5)6)21(7)8/h10-21H,1-9H3. The molecule has 0 radical (unpaired) electrons. The third-order valence-corrected chi connectivity index (χ3v) is 5.27. The predicted octanol–water partition coefficient (Wildman–Crippen LogP) is 6.70. The molecule has 2 aromatic carbocycles. The first-order chi connectivity index (χ1) is 13.2. The maximum absolute atomic E-state index is 2.50. The van der Waals surface area contributed by atoms with Gasteiger partial charge in [0.1, 0.15) is 0 Å². The molecule has 0 amide bonds. The largest absolute Gasteiger partial charge is 0.365 e. The SMILES string of the molecule is CC(C)N(c1ccccc1N(C)c1ccccc1N(C(C)C)C(C)C)C(C)C. The van der Waals surface area contributed by atoms with Gasteiger partial charge in [0, 0.05) is 31.2 Å². The van der Waals surface area contributed by atoms with E-state index in [4.69, 9.17) is 0 Å². The molecule has 0 bridgehead atoms. The number of hydrogen-bond donors (Lipinski definition) is 0. The Morgan fingerprint density at radius 2 is 0.714 bits per heavy atom. The van der Waals surface area contributed by atoms with E-state index >= 15 is 0 Å². The second-order valence-corrected chi connectivity index (χ2v) is 8.73. The van der Waals surface area contributed by atoms with Crippen molar-refractivity contribution in [2.24, 2.45) is 0 Å². The number of rotatable bonds is 8. The average Bonchev–Trinajstić information content (AvgIpc) is 2.61. The van der Waals surface area contributed by atoms with Crippen LogP contribution in [0.3, 0.4) is 0 Å². The summed E-state index contributed by atoms with van der Waals surface area (Å²) in [5.41, 5.74) is 5.05. The minimum atomic E-state index is 0.438.